The van der Waals surface area contributed by atoms with E-state index < -0.39 is 10.0 Å². The van der Waals surface area contributed by atoms with E-state index in [0.29, 0.717) is 11.4 Å². The molecule has 2 aromatic rings. The highest BCUT2D eigenvalue weighted by molar-refractivity contribution is 7.92. The Labute approximate surface area is 143 Å². The summed E-state index contributed by atoms with van der Waals surface area (Å²) in [7, 11) is -3.57. The fourth-order valence-corrected chi connectivity index (χ4v) is 3.34. The predicted octanol–water partition coefficient (Wildman–Crippen LogP) is 3.02. The number of para-hydroxylation sites is 1. The number of nitrogens with zero attached hydrogens (tertiary/aromatic N) is 1. The maximum Gasteiger partial charge on any atom is 0.245 e. The van der Waals surface area contributed by atoms with Crippen LogP contribution >= 0.6 is 0 Å². The second kappa shape index (κ2) is 7.05. The van der Waals surface area contributed by atoms with Crippen molar-refractivity contribution in [3.05, 3.63) is 59.2 Å². The molecule has 0 aliphatic carbocycles. The Bertz CT molecular complexity index is 860. The van der Waals surface area contributed by atoms with Crippen molar-refractivity contribution in [1.29, 1.82) is 0 Å². The molecule has 2 rings (SSSR count). The highest BCUT2D eigenvalue weighted by Crippen LogP contribution is 2.22. The van der Waals surface area contributed by atoms with Gasteiger partial charge in [-0.25, -0.2) is 8.42 Å². The van der Waals surface area contributed by atoms with Gasteiger partial charge in [-0.3, -0.25) is 9.10 Å². The fourth-order valence-electron chi connectivity index (χ4n) is 2.43. The number of aryl methyl sites for hydroxylation is 2. The van der Waals surface area contributed by atoms with Crippen molar-refractivity contribution in [3.8, 4) is 0 Å². The number of benzene rings is 2. The summed E-state index contributed by atoms with van der Waals surface area (Å²) >= 11 is 0. The summed E-state index contributed by atoms with van der Waals surface area (Å²) in [6.45, 7) is 5.43. The first-order valence-electron chi connectivity index (χ1n) is 7.59. The lowest BCUT2D eigenvalue weighted by Crippen LogP contribution is -2.38. The van der Waals surface area contributed by atoms with E-state index in [2.05, 4.69) is 5.32 Å². The van der Waals surface area contributed by atoms with Crippen molar-refractivity contribution in [2.75, 3.05) is 22.4 Å². The normalized spacial score (nSPS) is 11.2. The molecular weight excluding hydrogens is 324 g/mol. The summed E-state index contributed by atoms with van der Waals surface area (Å²) in [5.74, 6) is -0.377. The molecule has 128 valence electrons. The molecule has 0 saturated heterocycles. The molecule has 0 atom stereocenters. The lowest BCUT2D eigenvalue weighted by Gasteiger charge is -2.23. The average molecular weight is 346 g/mol. The van der Waals surface area contributed by atoms with Gasteiger partial charge in [0.05, 0.1) is 11.9 Å². The smallest absolute Gasteiger partial charge is 0.245 e. The molecular formula is C18H22N2O3S. The van der Waals surface area contributed by atoms with E-state index in [9.17, 15) is 13.2 Å². The molecule has 6 heteroatoms. The van der Waals surface area contributed by atoms with Crippen molar-refractivity contribution < 1.29 is 13.2 Å². The third-order valence-corrected chi connectivity index (χ3v) is 5.08. The number of rotatable bonds is 5. The van der Waals surface area contributed by atoms with Crippen LogP contribution in [0.3, 0.4) is 0 Å². The minimum absolute atomic E-state index is 0.267. The second-order valence-corrected chi connectivity index (χ2v) is 7.76. The number of carbonyl (C=O) groups excluding carboxylic acids is 1. The van der Waals surface area contributed by atoms with Gasteiger partial charge >= 0.3 is 0 Å². The zero-order valence-corrected chi connectivity index (χ0v) is 15.1. The Morgan fingerprint density at radius 2 is 1.62 bits per heavy atom. The number of hydrogen-bond acceptors (Lipinski definition) is 3. The molecule has 0 aliphatic rings. The Hall–Kier alpha value is -2.34. The molecule has 0 unspecified atom stereocenters. The number of amides is 1. The van der Waals surface area contributed by atoms with E-state index in [0.717, 1.165) is 27.3 Å². The molecule has 24 heavy (non-hydrogen) atoms. The number of carbonyl (C=O) groups is 1. The van der Waals surface area contributed by atoms with Crippen LogP contribution in [-0.4, -0.2) is 27.1 Å². The Balaban J connectivity index is 2.26. The van der Waals surface area contributed by atoms with Crippen molar-refractivity contribution in [2.45, 2.75) is 20.8 Å². The lowest BCUT2D eigenvalue weighted by molar-refractivity contribution is -0.114. The van der Waals surface area contributed by atoms with E-state index in [1.807, 2.05) is 45.0 Å². The van der Waals surface area contributed by atoms with Crippen molar-refractivity contribution >= 4 is 27.3 Å². The van der Waals surface area contributed by atoms with Crippen molar-refractivity contribution in [3.63, 3.8) is 0 Å². The summed E-state index contributed by atoms with van der Waals surface area (Å²) in [5.41, 5.74) is 4.02. The molecule has 5 nitrogen and oxygen atoms in total. The first kappa shape index (κ1) is 18.0. The van der Waals surface area contributed by atoms with Gasteiger partial charge in [-0.2, -0.15) is 0 Å². The first-order chi connectivity index (χ1) is 11.2. The summed E-state index contributed by atoms with van der Waals surface area (Å²) in [4.78, 5) is 12.4. The van der Waals surface area contributed by atoms with Crippen LogP contribution < -0.4 is 9.62 Å². The van der Waals surface area contributed by atoms with Gasteiger partial charge < -0.3 is 5.32 Å². The molecule has 0 fully saturated rings. The molecule has 0 aromatic heterocycles. The minimum Gasteiger partial charge on any atom is -0.324 e. The van der Waals surface area contributed by atoms with Gasteiger partial charge in [0, 0.05) is 5.69 Å². The quantitative estimate of drug-likeness (QED) is 0.905. The summed E-state index contributed by atoms with van der Waals surface area (Å²) in [6.07, 6.45) is 1.10. The Morgan fingerprint density at radius 1 is 1.00 bits per heavy atom. The highest BCUT2D eigenvalue weighted by Gasteiger charge is 2.22. The van der Waals surface area contributed by atoms with Gasteiger partial charge in [-0.1, -0.05) is 30.3 Å². The van der Waals surface area contributed by atoms with Crippen LogP contribution in [0.1, 0.15) is 16.7 Å². The maximum atomic E-state index is 12.4. The van der Waals surface area contributed by atoms with E-state index in [-0.39, 0.29) is 12.5 Å². The minimum atomic E-state index is -3.57. The topological polar surface area (TPSA) is 66.5 Å². The fraction of sp³-hybridized carbons (Fsp3) is 0.278. The summed E-state index contributed by atoms with van der Waals surface area (Å²) in [6, 6.07) is 12.7. The largest absolute Gasteiger partial charge is 0.324 e. The highest BCUT2D eigenvalue weighted by atomic mass is 32.2. The van der Waals surface area contributed by atoms with Gasteiger partial charge in [0.15, 0.2) is 0 Å². The van der Waals surface area contributed by atoms with Crippen LogP contribution in [0.5, 0.6) is 0 Å². The zero-order valence-electron chi connectivity index (χ0n) is 14.3. The molecule has 0 aliphatic heterocycles. The standard InChI is InChI=1S/C18H22N2O3S/c1-13-9-7-10-16(15(13)3)19-18(21)12-20(24(4,22)23)17-11-6-5-8-14(17)2/h5-11H,12H2,1-4H3,(H,19,21). The van der Waals surface area contributed by atoms with E-state index >= 15 is 0 Å². The van der Waals surface area contributed by atoms with Crippen LogP contribution in [-0.2, 0) is 14.8 Å². The van der Waals surface area contributed by atoms with E-state index in [1.165, 1.54) is 0 Å². The van der Waals surface area contributed by atoms with Gasteiger partial charge in [0.25, 0.3) is 0 Å². The number of anilines is 2. The van der Waals surface area contributed by atoms with Gasteiger partial charge in [-0.05, 0) is 49.6 Å². The monoisotopic (exact) mass is 346 g/mol. The number of sulfonamides is 1. The van der Waals surface area contributed by atoms with Crippen LogP contribution in [0.2, 0.25) is 0 Å². The van der Waals surface area contributed by atoms with Crippen LogP contribution in [0.4, 0.5) is 11.4 Å². The van der Waals surface area contributed by atoms with Crippen LogP contribution in [0.15, 0.2) is 42.5 Å². The summed E-state index contributed by atoms with van der Waals surface area (Å²) < 4.78 is 25.4. The van der Waals surface area contributed by atoms with E-state index in [1.54, 1.807) is 18.2 Å². The molecule has 0 saturated carbocycles. The van der Waals surface area contributed by atoms with Crippen molar-refractivity contribution in [1.82, 2.24) is 0 Å². The molecule has 1 N–H and O–H groups in total. The zero-order chi connectivity index (χ0) is 17.9. The van der Waals surface area contributed by atoms with Crippen LogP contribution in [0.25, 0.3) is 0 Å². The van der Waals surface area contributed by atoms with Gasteiger partial charge in [0.2, 0.25) is 15.9 Å². The average Bonchev–Trinajstić information content (AvgIpc) is 2.49. The molecule has 0 bridgehead atoms. The molecule has 0 heterocycles. The number of nitrogens with one attached hydrogen (secondary N) is 1. The third kappa shape index (κ3) is 4.14. The number of hydrogen-bond donors (Lipinski definition) is 1. The maximum absolute atomic E-state index is 12.4. The molecule has 1 amide bonds. The predicted molar refractivity (Wildman–Crippen MR) is 97.9 cm³/mol. The van der Waals surface area contributed by atoms with Gasteiger partial charge in [-0.15, -0.1) is 0 Å². The van der Waals surface area contributed by atoms with Crippen LogP contribution in [0, 0.1) is 20.8 Å². The lowest BCUT2D eigenvalue weighted by atomic mass is 10.1. The summed E-state index contributed by atoms with van der Waals surface area (Å²) in [5, 5.41) is 2.80. The van der Waals surface area contributed by atoms with E-state index in [4.69, 9.17) is 0 Å². The van der Waals surface area contributed by atoms with Gasteiger partial charge in [0.1, 0.15) is 6.54 Å². The second-order valence-electron chi connectivity index (χ2n) is 5.85. The Morgan fingerprint density at radius 3 is 2.25 bits per heavy atom. The van der Waals surface area contributed by atoms with Crippen molar-refractivity contribution in [2.24, 2.45) is 0 Å². The molecule has 0 spiro atoms. The first-order valence-corrected chi connectivity index (χ1v) is 9.44. The third-order valence-electron chi connectivity index (χ3n) is 3.95. The Kier molecular flexibility index (Phi) is 5.29. The molecule has 2 aromatic carbocycles. The SMILES string of the molecule is Cc1ccccc1N(CC(=O)Nc1cccc(C)c1C)S(C)(=O)=O. The molecule has 0 radical (unpaired) electrons.